The van der Waals surface area contributed by atoms with Gasteiger partial charge in [-0.05, 0) is 31.8 Å². The fraction of sp³-hybridized carbons (Fsp3) is 0.800. The minimum absolute atomic E-state index is 0.860. The molecule has 0 aromatic heterocycles. The molecule has 0 amide bonds. The van der Waals surface area contributed by atoms with Crippen LogP contribution in [0.25, 0.3) is 0 Å². The van der Waals surface area contributed by atoms with Gasteiger partial charge in [0.05, 0.1) is 6.20 Å². The summed E-state index contributed by atoms with van der Waals surface area (Å²) in [5, 5.41) is 9.90. The van der Waals surface area contributed by atoms with Gasteiger partial charge in [0, 0.05) is 26.2 Å². The summed E-state index contributed by atoms with van der Waals surface area (Å²) in [7, 11) is 0. The Kier molecular flexibility index (Phi) is 7.03. The van der Waals surface area contributed by atoms with Gasteiger partial charge in [0.1, 0.15) is 0 Å². The van der Waals surface area contributed by atoms with Crippen molar-refractivity contribution >= 4 is 5.87 Å². The molecular weight excluding hydrogens is 176 g/mol. The minimum Gasteiger partial charge on any atom is -0.383 e. The molecule has 3 N–H and O–H groups in total. The van der Waals surface area contributed by atoms with Crippen molar-refractivity contribution in [2.45, 2.75) is 12.8 Å². The second-order valence-electron chi connectivity index (χ2n) is 3.32. The first-order valence-electron chi connectivity index (χ1n) is 5.38. The zero-order valence-electron chi connectivity index (χ0n) is 8.68. The first kappa shape index (κ1) is 11.2. The Morgan fingerprint density at radius 3 is 2.57 bits per heavy atom. The van der Waals surface area contributed by atoms with Gasteiger partial charge in [-0.2, -0.15) is 0 Å². The van der Waals surface area contributed by atoms with Crippen molar-refractivity contribution < 1.29 is 0 Å². The van der Waals surface area contributed by atoms with Crippen LogP contribution in [0.15, 0.2) is 11.2 Å². The van der Waals surface area contributed by atoms with Crippen LogP contribution in [0, 0.1) is 0 Å². The number of hydrogen-bond donors (Lipinski definition) is 3. The molecule has 0 saturated carbocycles. The van der Waals surface area contributed by atoms with Crippen molar-refractivity contribution in [3.05, 3.63) is 6.20 Å². The molecule has 4 heteroatoms. The molecule has 0 atom stereocenters. The highest BCUT2D eigenvalue weighted by molar-refractivity contribution is 5.50. The number of aliphatic imine (C=N–C) groups is 1. The van der Waals surface area contributed by atoms with Gasteiger partial charge in [0.25, 0.3) is 0 Å². The highest BCUT2D eigenvalue weighted by Crippen LogP contribution is 1.78. The molecule has 0 bridgehead atoms. The normalized spacial score (nSPS) is 21.1. The minimum atomic E-state index is 0.860. The van der Waals surface area contributed by atoms with Crippen molar-refractivity contribution in [3.63, 3.8) is 0 Å². The molecule has 0 saturated heterocycles. The topological polar surface area (TPSA) is 48.4 Å². The van der Waals surface area contributed by atoms with E-state index in [0.29, 0.717) is 0 Å². The molecule has 0 fully saturated rings. The van der Waals surface area contributed by atoms with Crippen molar-refractivity contribution in [1.82, 2.24) is 16.0 Å². The van der Waals surface area contributed by atoms with Crippen LogP contribution in [0.4, 0.5) is 0 Å². The Morgan fingerprint density at radius 2 is 1.71 bits per heavy atom. The van der Waals surface area contributed by atoms with Crippen LogP contribution in [0.1, 0.15) is 12.8 Å². The van der Waals surface area contributed by atoms with Crippen LogP contribution in [-0.2, 0) is 0 Å². The summed E-state index contributed by atoms with van der Waals surface area (Å²) >= 11 is 0. The highest BCUT2D eigenvalue weighted by Gasteiger charge is 1.89. The second kappa shape index (κ2) is 8.75. The predicted molar refractivity (Wildman–Crippen MR) is 59.8 cm³/mol. The smallest absolute Gasteiger partial charge is 0.0591 e. The van der Waals surface area contributed by atoms with E-state index < -0.39 is 0 Å². The summed E-state index contributed by atoms with van der Waals surface area (Å²) < 4.78 is 0. The highest BCUT2D eigenvalue weighted by atomic mass is 14.9. The van der Waals surface area contributed by atoms with E-state index >= 15 is 0 Å². The summed E-state index contributed by atoms with van der Waals surface area (Å²) in [5.41, 5.74) is 0. The van der Waals surface area contributed by atoms with Crippen molar-refractivity contribution in [2.24, 2.45) is 4.99 Å². The third-order valence-corrected chi connectivity index (χ3v) is 2.03. The average Bonchev–Trinajstić information content (AvgIpc) is 2.22. The van der Waals surface area contributed by atoms with Crippen molar-refractivity contribution in [3.8, 4) is 0 Å². The van der Waals surface area contributed by atoms with E-state index in [2.05, 4.69) is 26.8 Å². The molecule has 0 aliphatic carbocycles. The summed E-state index contributed by atoms with van der Waals surface area (Å²) in [6.07, 6.45) is 4.03. The monoisotopic (exact) mass is 196 g/mol. The Balaban J connectivity index is 2.18. The fourth-order valence-electron chi connectivity index (χ4n) is 1.25. The first-order chi connectivity index (χ1) is 7.00. The molecule has 1 aliphatic rings. The molecule has 0 spiro atoms. The molecule has 0 radical (unpaired) electrons. The number of nitrogens with one attached hydrogen (secondary N) is 3. The Bertz CT molecular complexity index is 169. The molecule has 0 unspecified atom stereocenters. The molecule has 4 nitrogen and oxygen atoms in total. The standard InChI is InChI=1S/C10H20N4/c1-3-11-7-9-13-5-2-6-14-10-8-12-4-1/h7,11-12,14H,1-6,8,10H2. The van der Waals surface area contributed by atoms with Gasteiger partial charge >= 0.3 is 0 Å². The lowest BCUT2D eigenvalue weighted by Crippen LogP contribution is -2.29. The maximum absolute atomic E-state index is 4.14. The quantitative estimate of drug-likeness (QED) is 0.500. The van der Waals surface area contributed by atoms with Gasteiger partial charge in [-0.15, -0.1) is 0 Å². The predicted octanol–water partition coefficient (Wildman–Crippen LogP) is -0.268. The lowest BCUT2D eigenvalue weighted by atomic mass is 10.4. The van der Waals surface area contributed by atoms with E-state index in [-0.39, 0.29) is 0 Å². The third kappa shape index (κ3) is 6.66. The average molecular weight is 196 g/mol. The zero-order chi connectivity index (χ0) is 9.90. The van der Waals surface area contributed by atoms with E-state index in [1.54, 1.807) is 6.20 Å². The van der Waals surface area contributed by atoms with Gasteiger partial charge in [0.15, 0.2) is 0 Å². The molecule has 1 heterocycles. The lowest BCUT2D eigenvalue weighted by Gasteiger charge is -2.06. The van der Waals surface area contributed by atoms with Gasteiger partial charge in [-0.1, -0.05) is 0 Å². The van der Waals surface area contributed by atoms with Crippen LogP contribution in [0.5, 0.6) is 0 Å². The number of hydrogen-bond acceptors (Lipinski definition) is 4. The molecule has 0 aromatic rings. The Labute approximate surface area is 85.9 Å². The SMILES string of the molecule is C1=CNCCCNCCNCCCN=1. The van der Waals surface area contributed by atoms with Crippen LogP contribution < -0.4 is 16.0 Å². The Morgan fingerprint density at radius 1 is 0.929 bits per heavy atom. The maximum atomic E-state index is 4.14. The first-order valence-corrected chi connectivity index (χ1v) is 5.38. The van der Waals surface area contributed by atoms with E-state index in [9.17, 15) is 0 Å². The molecule has 80 valence electrons. The molecule has 0 aromatic carbocycles. The molecular formula is C10H20N4. The summed E-state index contributed by atoms with van der Waals surface area (Å²) in [6, 6.07) is 0. The largest absolute Gasteiger partial charge is 0.383 e. The maximum Gasteiger partial charge on any atom is 0.0591 e. The van der Waals surface area contributed by atoms with Gasteiger partial charge < -0.3 is 16.0 Å². The van der Waals surface area contributed by atoms with E-state index in [4.69, 9.17) is 0 Å². The van der Waals surface area contributed by atoms with E-state index in [1.165, 1.54) is 0 Å². The van der Waals surface area contributed by atoms with Crippen LogP contribution in [0.2, 0.25) is 0 Å². The zero-order valence-corrected chi connectivity index (χ0v) is 8.68. The number of rotatable bonds is 0. The van der Waals surface area contributed by atoms with Crippen LogP contribution in [-0.4, -0.2) is 45.1 Å². The van der Waals surface area contributed by atoms with Gasteiger partial charge in [0.2, 0.25) is 0 Å². The lowest BCUT2D eigenvalue weighted by molar-refractivity contribution is 0.583. The summed E-state index contributed by atoms with van der Waals surface area (Å²) in [5.74, 6) is 2.88. The van der Waals surface area contributed by atoms with E-state index in [1.807, 2.05) is 0 Å². The third-order valence-electron chi connectivity index (χ3n) is 2.03. The van der Waals surface area contributed by atoms with Gasteiger partial charge in [-0.25, -0.2) is 4.99 Å². The van der Waals surface area contributed by atoms with Gasteiger partial charge in [-0.3, -0.25) is 0 Å². The van der Waals surface area contributed by atoms with Crippen LogP contribution in [0.3, 0.4) is 0 Å². The molecule has 1 rings (SSSR count). The van der Waals surface area contributed by atoms with Crippen molar-refractivity contribution in [2.75, 3.05) is 39.3 Å². The summed E-state index contributed by atoms with van der Waals surface area (Å²) in [4.78, 5) is 4.14. The Hall–Kier alpha value is -0.830. The van der Waals surface area contributed by atoms with E-state index in [0.717, 1.165) is 52.1 Å². The van der Waals surface area contributed by atoms with Crippen LogP contribution >= 0.6 is 0 Å². The fourth-order valence-corrected chi connectivity index (χ4v) is 1.25. The molecule has 1 aliphatic heterocycles. The molecule has 14 heavy (non-hydrogen) atoms. The second-order valence-corrected chi connectivity index (χ2v) is 3.32. The van der Waals surface area contributed by atoms with Crippen molar-refractivity contribution in [1.29, 1.82) is 0 Å². The summed E-state index contributed by atoms with van der Waals surface area (Å²) in [6.45, 7) is 6.06. The number of nitrogens with zero attached hydrogens (tertiary/aromatic N) is 1.